The van der Waals surface area contributed by atoms with Gasteiger partial charge in [-0.1, -0.05) is 0 Å². The molecular weight excluding hydrogens is 276 g/mol. The SMILES string of the molecule is COc1ccc(C(=O)O)c(NC(=O)CN2CCCC2=O)c1. The molecule has 0 unspecified atom stereocenters. The fourth-order valence-corrected chi connectivity index (χ4v) is 2.17. The number of carbonyl (C=O) groups is 3. The van der Waals surface area contributed by atoms with Gasteiger partial charge in [0.15, 0.2) is 0 Å². The van der Waals surface area contributed by atoms with Crippen LogP contribution in [0, 0.1) is 0 Å². The number of methoxy groups -OCH3 is 1. The van der Waals surface area contributed by atoms with E-state index in [1.807, 2.05) is 0 Å². The third-order valence-corrected chi connectivity index (χ3v) is 3.24. The minimum atomic E-state index is -1.15. The number of nitrogens with zero attached hydrogens (tertiary/aromatic N) is 1. The van der Waals surface area contributed by atoms with Crippen LogP contribution < -0.4 is 10.1 Å². The van der Waals surface area contributed by atoms with Crippen LogP contribution >= 0.6 is 0 Å². The van der Waals surface area contributed by atoms with Crippen molar-refractivity contribution in [3.05, 3.63) is 23.8 Å². The zero-order valence-corrected chi connectivity index (χ0v) is 11.6. The molecule has 21 heavy (non-hydrogen) atoms. The van der Waals surface area contributed by atoms with Crippen LogP contribution in [0.2, 0.25) is 0 Å². The maximum absolute atomic E-state index is 11.9. The summed E-state index contributed by atoms with van der Waals surface area (Å²) in [6, 6.07) is 4.30. The molecule has 0 aliphatic carbocycles. The Balaban J connectivity index is 2.11. The van der Waals surface area contributed by atoms with Crippen molar-refractivity contribution in [3.63, 3.8) is 0 Å². The van der Waals surface area contributed by atoms with Gasteiger partial charge in [-0.3, -0.25) is 9.59 Å². The van der Waals surface area contributed by atoms with E-state index in [9.17, 15) is 14.4 Å². The quantitative estimate of drug-likeness (QED) is 0.842. The highest BCUT2D eigenvalue weighted by Gasteiger charge is 2.23. The predicted octanol–water partition coefficient (Wildman–Crippen LogP) is 0.954. The first kappa shape index (κ1) is 14.8. The molecule has 1 heterocycles. The van der Waals surface area contributed by atoms with Crippen LogP contribution in [0.4, 0.5) is 5.69 Å². The number of carboxylic acids is 1. The number of likely N-dealkylation sites (tertiary alicyclic amines) is 1. The lowest BCUT2D eigenvalue weighted by Crippen LogP contribution is -2.34. The molecule has 1 aromatic rings. The molecule has 1 aliphatic heterocycles. The largest absolute Gasteiger partial charge is 0.497 e. The molecule has 1 aliphatic rings. The van der Waals surface area contributed by atoms with E-state index in [0.29, 0.717) is 18.7 Å². The Morgan fingerprint density at radius 3 is 2.76 bits per heavy atom. The number of carboxylic acid groups (broad SMARTS) is 1. The minimum Gasteiger partial charge on any atom is -0.497 e. The van der Waals surface area contributed by atoms with Crippen LogP contribution in [0.5, 0.6) is 5.75 Å². The number of ether oxygens (including phenoxy) is 1. The summed E-state index contributed by atoms with van der Waals surface area (Å²) in [7, 11) is 1.45. The van der Waals surface area contributed by atoms with Gasteiger partial charge in [0.05, 0.1) is 24.9 Å². The summed E-state index contributed by atoms with van der Waals surface area (Å²) >= 11 is 0. The van der Waals surface area contributed by atoms with Crippen molar-refractivity contribution in [3.8, 4) is 5.75 Å². The number of benzene rings is 1. The molecule has 2 rings (SSSR count). The molecule has 0 spiro atoms. The third-order valence-electron chi connectivity index (χ3n) is 3.24. The van der Waals surface area contributed by atoms with Crippen LogP contribution in [0.25, 0.3) is 0 Å². The second-order valence-corrected chi connectivity index (χ2v) is 4.68. The summed E-state index contributed by atoms with van der Waals surface area (Å²) < 4.78 is 5.01. The van der Waals surface area contributed by atoms with Crippen molar-refractivity contribution in [2.45, 2.75) is 12.8 Å². The minimum absolute atomic E-state index is 0.0306. The normalized spacial score (nSPS) is 14.1. The van der Waals surface area contributed by atoms with E-state index >= 15 is 0 Å². The van der Waals surface area contributed by atoms with E-state index in [1.165, 1.54) is 30.2 Å². The van der Waals surface area contributed by atoms with E-state index in [-0.39, 0.29) is 23.7 Å². The summed E-state index contributed by atoms with van der Waals surface area (Å²) in [6.07, 6.45) is 1.19. The van der Waals surface area contributed by atoms with E-state index < -0.39 is 11.9 Å². The number of carbonyl (C=O) groups excluding carboxylic acids is 2. The average Bonchev–Trinajstić information content (AvgIpc) is 2.83. The van der Waals surface area contributed by atoms with Gasteiger partial charge in [0.2, 0.25) is 11.8 Å². The summed E-state index contributed by atoms with van der Waals surface area (Å²) in [5.41, 5.74) is 0.121. The molecule has 7 nitrogen and oxygen atoms in total. The number of rotatable bonds is 5. The highest BCUT2D eigenvalue weighted by molar-refractivity contribution is 6.02. The Bertz CT molecular complexity index is 585. The van der Waals surface area contributed by atoms with Gasteiger partial charge in [0, 0.05) is 19.0 Å². The van der Waals surface area contributed by atoms with Gasteiger partial charge < -0.3 is 20.1 Å². The molecule has 112 valence electrons. The van der Waals surface area contributed by atoms with E-state index in [2.05, 4.69) is 5.32 Å². The Labute approximate surface area is 121 Å². The summed E-state index contributed by atoms with van der Waals surface area (Å²) in [4.78, 5) is 36.0. The Morgan fingerprint density at radius 1 is 1.43 bits per heavy atom. The van der Waals surface area contributed by atoms with E-state index in [4.69, 9.17) is 9.84 Å². The lowest BCUT2D eigenvalue weighted by Gasteiger charge is -2.16. The van der Waals surface area contributed by atoms with E-state index in [1.54, 1.807) is 0 Å². The van der Waals surface area contributed by atoms with Crippen molar-refractivity contribution in [2.24, 2.45) is 0 Å². The number of aromatic carboxylic acids is 1. The summed E-state index contributed by atoms with van der Waals surface area (Å²) in [5.74, 6) is -1.20. The highest BCUT2D eigenvalue weighted by atomic mass is 16.5. The van der Waals surface area contributed by atoms with Crippen LogP contribution in [0.1, 0.15) is 23.2 Å². The molecule has 2 N–H and O–H groups in total. The predicted molar refractivity (Wildman–Crippen MR) is 74.4 cm³/mol. The third kappa shape index (κ3) is 3.50. The van der Waals surface area contributed by atoms with Gasteiger partial charge in [0.25, 0.3) is 0 Å². The van der Waals surface area contributed by atoms with Gasteiger partial charge in [-0.25, -0.2) is 4.79 Å². The van der Waals surface area contributed by atoms with Gasteiger partial charge in [-0.2, -0.15) is 0 Å². The fraction of sp³-hybridized carbons (Fsp3) is 0.357. The monoisotopic (exact) mass is 292 g/mol. The zero-order valence-electron chi connectivity index (χ0n) is 11.6. The standard InChI is InChI=1S/C14H16N2O5/c1-21-9-4-5-10(14(19)20)11(7-9)15-12(17)8-16-6-2-3-13(16)18/h4-5,7H,2-3,6,8H2,1H3,(H,15,17)(H,19,20). The average molecular weight is 292 g/mol. The molecule has 1 aromatic carbocycles. The smallest absolute Gasteiger partial charge is 0.337 e. The first-order valence-electron chi connectivity index (χ1n) is 6.50. The molecule has 0 radical (unpaired) electrons. The molecule has 2 amide bonds. The molecular formula is C14H16N2O5. The summed E-state index contributed by atoms with van der Waals surface area (Å²) in [5, 5.41) is 11.6. The molecule has 0 saturated carbocycles. The summed E-state index contributed by atoms with van der Waals surface area (Å²) in [6.45, 7) is 0.477. The lowest BCUT2D eigenvalue weighted by atomic mass is 10.1. The molecule has 1 fully saturated rings. The topological polar surface area (TPSA) is 95.9 Å². The van der Waals surface area contributed by atoms with Crippen LogP contribution in [0.15, 0.2) is 18.2 Å². The molecule has 1 saturated heterocycles. The number of anilines is 1. The van der Waals surface area contributed by atoms with Gasteiger partial charge >= 0.3 is 5.97 Å². The van der Waals surface area contributed by atoms with E-state index in [0.717, 1.165) is 6.42 Å². The van der Waals surface area contributed by atoms with Crippen molar-refractivity contribution < 1.29 is 24.2 Å². The van der Waals surface area contributed by atoms with Gasteiger partial charge in [0.1, 0.15) is 5.75 Å². The number of amides is 2. The van der Waals surface area contributed by atoms with Crippen molar-refractivity contribution in [2.75, 3.05) is 25.5 Å². The van der Waals surface area contributed by atoms with Crippen molar-refractivity contribution >= 4 is 23.5 Å². The first-order valence-corrected chi connectivity index (χ1v) is 6.50. The van der Waals surface area contributed by atoms with Gasteiger partial charge in [-0.05, 0) is 18.6 Å². The van der Waals surface area contributed by atoms with Crippen LogP contribution in [-0.2, 0) is 9.59 Å². The van der Waals surface area contributed by atoms with Gasteiger partial charge in [-0.15, -0.1) is 0 Å². The molecule has 0 aromatic heterocycles. The first-order chi connectivity index (χ1) is 10.0. The molecule has 0 bridgehead atoms. The van der Waals surface area contributed by atoms with Crippen molar-refractivity contribution in [1.82, 2.24) is 4.90 Å². The second-order valence-electron chi connectivity index (χ2n) is 4.68. The van der Waals surface area contributed by atoms with Crippen LogP contribution in [-0.4, -0.2) is 48.0 Å². The second kappa shape index (κ2) is 6.25. The number of hydrogen-bond acceptors (Lipinski definition) is 4. The number of hydrogen-bond donors (Lipinski definition) is 2. The van der Waals surface area contributed by atoms with Crippen LogP contribution in [0.3, 0.4) is 0 Å². The Morgan fingerprint density at radius 2 is 2.19 bits per heavy atom. The Hall–Kier alpha value is -2.57. The highest BCUT2D eigenvalue weighted by Crippen LogP contribution is 2.22. The molecule has 7 heteroatoms. The maximum Gasteiger partial charge on any atom is 0.337 e. The fourth-order valence-electron chi connectivity index (χ4n) is 2.17. The van der Waals surface area contributed by atoms with Crippen molar-refractivity contribution in [1.29, 1.82) is 0 Å². The maximum atomic E-state index is 11.9. The Kier molecular flexibility index (Phi) is 4.42. The zero-order chi connectivity index (χ0) is 15.4. The molecule has 0 atom stereocenters. The number of nitrogens with one attached hydrogen (secondary N) is 1. The lowest BCUT2D eigenvalue weighted by molar-refractivity contribution is -0.131.